The summed E-state index contributed by atoms with van der Waals surface area (Å²) < 4.78 is 22.4. The summed E-state index contributed by atoms with van der Waals surface area (Å²) in [5, 5.41) is 10.0. The quantitative estimate of drug-likeness (QED) is 0.871. The van der Waals surface area contributed by atoms with Crippen molar-refractivity contribution >= 4 is 9.84 Å². The van der Waals surface area contributed by atoms with Crippen LogP contribution in [0.2, 0.25) is 0 Å². The molecule has 1 N–H and O–H groups in total. The van der Waals surface area contributed by atoms with E-state index in [0.717, 1.165) is 36.8 Å². The number of hydrogen-bond acceptors (Lipinski definition) is 4. The molecule has 2 rings (SSSR count). The lowest BCUT2D eigenvalue weighted by Crippen LogP contribution is -2.30. The summed E-state index contributed by atoms with van der Waals surface area (Å²) in [5.41, 5.74) is 2.01. The standard InChI is InChI=1S/C12H17NO3S/c1-17(15,16)8-11(14)10-6-2-4-9-5-3-7-13-12(9)10/h3,5,7,10-11,14H,2,4,6,8H2,1H3. The second kappa shape index (κ2) is 4.74. The van der Waals surface area contributed by atoms with Crippen LogP contribution in [0.3, 0.4) is 0 Å². The van der Waals surface area contributed by atoms with Gasteiger partial charge >= 0.3 is 0 Å². The second-order valence-electron chi connectivity index (χ2n) is 4.71. The van der Waals surface area contributed by atoms with Crippen molar-refractivity contribution in [3.05, 3.63) is 29.6 Å². The first-order valence-corrected chi connectivity index (χ1v) is 7.83. The van der Waals surface area contributed by atoms with E-state index < -0.39 is 15.9 Å². The Balaban J connectivity index is 2.24. The molecule has 0 saturated heterocycles. The zero-order chi connectivity index (χ0) is 12.5. The minimum Gasteiger partial charge on any atom is -0.391 e. The van der Waals surface area contributed by atoms with Crippen molar-refractivity contribution in [2.45, 2.75) is 31.3 Å². The van der Waals surface area contributed by atoms with E-state index in [4.69, 9.17) is 0 Å². The van der Waals surface area contributed by atoms with Crippen molar-refractivity contribution in [2.24, 2.45) is 0 Å². The van der Waals surface area contributed by atoms with E-state index in [9.17, 15) is 13.5 Å². The van der Waals surface area contributed by atoms with Crippen LogP contribution in [0, 0.1) is 0 Å². The Morgan fingerprint density at radius 2 is 2.35 bits per heavy atom. The Labute approximate surface area is 102 Å². The van der Waals surface area contributed by atoms with Gasteiger partial charge in [0.1, 0.15) is 9.84 Å². The van der Waals surface area contributed by atoms with Crippen LogP contribution < -0.4 is 0 Å². The normalized spacial score (nSPS) is 21.9. The third-order valence-electron chi connectivity index (χ3n) is 3.18. The molecule has 1 aromatic rings. The van der Waals surface area contributed by atoms with Crippen molar-refractivity contribution in [1.29, 1.82) is 0 Å². The minimum absolute atomic E-state index is 0.144. The van der Waals surface area contributed by atoms with Gasteiger partial charge in [-0.1, -0.05) is 6.07 Å². The molecular weight excluding hydrogens is 238 g/mol. The number of aliphatic hydroxyl groups excluding tert-OH is 1. The predicted octanol–water partition coefficient (Wildman–Crippen LogP) is 0.907. The molecule has 94 valence electrons. The van der Waals surface area contributed by atoms with E-state index in [1.165, 1.54) is 0 Å². The number of fused-ring (bicyclic) bond motifs is 1. The molecule has 1 aromatic heterocycles. The van der Waals surface area contributed by atoms with Gasteiger partial charge in [-0.2, -0.15) is 0 Å². The maximum Gasteiger partial charge on any atom is 0.150 e. The van der Waals surface area contributed by atoms with Gasteiger partial charge < -0.3 is 5.11 Å². The van der Waals surface area contributed by atoms with Gasteiger partial charge in [0, 0.05) is 24.1 Å². The number of sulfone groups is 1. The van der Waals surface area contributed by atoms with Crippen molar-refractivity contribution < 1.29 is 13.5 Å². The highest BCUT2D eigenvalue weighted by Crippen LogP contribution is 2.32. The van der Waals surface area contributed by atoms with Gasteiger partial charge in [-0.3, -0.25) is 4.98 Å². The summed E-state index contributed by atoms with van der Waals surface area (Å²) in [5.74, 6) is -0.331. The van der Waals surface area contributed by atoms with Crippen LogP contribution in [0.15, 0.2) is 18.3 Å². The Bertz CT molecular complexity index is 498. The van der Waals surface area contributed by atoms with E-state index in [1.807, 2.05) is 12.1 Å². The molecule has 0 aromatic carbocycles. The van der Waals surface area contributed by atoms with Crippen molar-refractivity contribution in [3.63, 3.8) is 0 Å². The number of aromatic nitrogens is 1. The zero-order valence-corrected chi connectivity index (χ0v) is 10.7. The second-order valence-corrected chi connectivity index (χ2v) is 6.89. The smallest absolute Gasteiger partial charge is 0.150 e. The fourth-order valence-electron chi connectivity index (χ4n) is 2.45. The maximum absolute atomic E-state index is 11.2. The minimum atomic E-state index is -3.15. The number of hydrogen-bond donors (Lipinski definition) is 1. The van der Waals surface area contributed by atoms with E-state index in [-0.39, 0.29) is 11.7 Å². The lowest BCUT2D eigenvalue weighted by atomic mass is 9.84. The molecule has 2 atom stereocenters. The van der Waals surface area contributed by atoms with Gasteiger partial charge in [0.25, 0.3) is 0 Å². The molecule has 5 heteroatoms. The van der Waals surface area contributed by atoms with Crippen LogP contribution in [0.4, 0.5) is 0 Å². The molecule has 0 spiro atoms. The SMILES string of the molecule is CS(=O)(=O)CC(O)C1CCCc2cccnc21. The van der Waals surface area contributed by atoms with Crippen molar-refractivity contribution in [3.8, 4) is 0 Å². The average molecular weight is 255 g/mol. The molecular formula is C12H17NO3S. The summed E-state index contributed by atoms with van der Waals surface area (Å²) in [6, 6.07) is 3.88. The van der Waals surface area contributed by atoms with Crippen molar-refractivity contribution in [2.75, 3.05) is 12.0 Å². The zero-order valence-electron chi connectivity index (χ0n) is 9.83. The van der Waals surface area contributed by atoms with E-state index in [2.05, 4.69) is 4.98 Å². The van der Waals surface area contributed by atoms with Crippen molar-refractivity contribution in [1.82, 2.24) is 4.98 Å². The number of aliphatic hydroxyl groups is 1. The molecule has 0 aliphatic heterocycles. The number of nitrogens with zero attached hydrogens (tertiary/aromatic N) is 1. The van der Waals surface area contributed by atoms with Gasteiger partial charge in [-0.25, -0.2) is 8.42 Å². The Morgan fingerprint density at radius 1 is 1.59 bits per heavy atom. The molecule has 0 saturated carbocycles. The molecule has 1 heterocycles. The van der Waals surface area contributed by atoms with Crippen LogP contribution >= 0.6 is 0 Å². The monoisotopic (exact) mass is 255 g/mol. The van der Waals surface area contributed by atoms with Gasteiger partial charge in [0.05, 0.1) is 11.9 Å². The molecule has 0 amide bonds. The van der Waals surface area contributed by atoms with E-state index in [1.54, 1.807) is 6.20 Å². The first kappa shape index (κ1) is 12.5. The molecule has 0 bridgehead atoms. The molecule has 4 nitrogen and oxygen atoms in total. The lowest BCUT2D eigenvalue weighted by Gasteiger charge is -2.27. The number of aryl methyl sites for hydroxylation is 1. The van der Waals surface area contributed by atoms with Gasteiger partial charge in [0.15, 0.2) is 0 Å². The number of rotatable bonds is 3. The van der Waals surface area contributed by atoms with Crippen LogP contribution in [0.5, 0.6) is 0 Å². The molecule has 2 unspecified atom stereocenters. The molecule has 1 aliphatic rings. The third-order valence-corrected chi connectivity index (χ3v) is 4.12. The first-order chi connectivity index (χ1) is 7.97. The lowest BCUT2D eigenvalue weighted by molar-refractivity contribution is 0.153. The number of pyridine rings is 1. The molecule has 17 heavy (non-hydrogen) atoms. The highest BCUT2D eigenvalue weighted by atomic mass is 32.2. The van der Waals surface area contributed by atoms with Crippen LogP contribution in [-0.4, -0.2) is 36.6 Å². The Morgan fingerprint density at radius 3 is 3.06 bits per heavy atom. The predicted molar refractivity (Wildman–Crippen MR) is 65.6 cm³/mol. The highest BCUT2D eigenvalue weighted by Gasteiger charge is 2.29. The summed E-state index contributed by atoms with van der Waals surface area (Å²) in [4.78, 5) is 4.30. The van der Waals surface area contributed by atoms with Gasteiger partial charge in [-0.05, 0) is 30.9 Å². The summed E-state index contributed by atoms with van der Waals surface area (Å²) in [6.07, 6.45) is 4.75. The summed E-state index contributed by atoms with van der Waals surface area (Å²) >= 11 is 0. The van der Waals surface area contributed by atoms with E-state index >= 15 is 0 Å². The van der Waals surface area contributed by atoms with Crippen LogP contribution in [0.25, 0.3) is 0 Å². The fraction of sp³-hybridized carbons (Fsp3) is 0.583. The first-order valence-electron chi connectivity index (χ1n) is 5.77. The third kappa shape index (κ3) is 3.04. The fourth-order valence-corrected chi connectivity index (χ4v) is 3.30. The molecule has 0 fully saturated rings. The maximum atomic E-state index is 11.2. The summed E-state index contributed by atoms with van der Waals surface area (Å²) in [6.45, 7) is 0. The summed E-state index contributed by atoms with van der Waals surface area (Å²) in [7, 11) is -3.15. The molecule has 1 aliphatic carbocycles. The molecule has 0 radical (unpaired) electrons. The van der Waals surface area contributed by atoms with Gasteiger partial charge in [0.2, 0.25) is 0 Å². The van der Waals surface area contributed by atoms with Crippen LogP contribution in [0.1, 0.15) is 30.0 Å². The largest absolute Gasteiger partial charge is 0.391 e. The van der Waals surface area contributed by atoms with Gasteiger partial charge in [-0.15, -0.1) is 0 Å². The topological polar surface area (TPSA) is 67.3 Å². The van der Waals surface area contributed by atoms with Crippen LogP contribution in [-0.2, 0) is 16.3 Å². The average Bonchev–Trinajstić information content (AvgIpc) is 2.26. The Hall–Kier alpha value is -0.940. The van der Waals surface area contributed by atoms with E-state index in [0.29, 0.717) is 0 Å². The highest BCUT2D eigenvalue weighted by molar-refractivity contribution is 7.90. The Kier molecular flexibility index (Phi) is 3.49.